The maximum Gasteiger partial charge on any atom is 0.254 e. The minimum Gasteiger partial charge on any atom is -0.383 e. The molecular formula is C21H28N4O4. The van der Waals surface area contributed by atoms with Crippen LogP contribution in [0.4, 0.5) is 0 Å². The highest BCUT2D eigenvalue weighted by Gasteiger charge is 2.26. The number of ether oxygens (including phenoxy) is 2. The summed E-state index contributed by atoms with van der Waals surface area (Å²) in [6, 6.07) is 9.42. The van der Waals surface area contributed by atoms with Gasteiger partial charge in [-0.15, -0.1) is 0 Å². The van der Waals surface area contributed by atoms with Crippen molar-refractivity contribution in [1.82, 2.24) is 20.1 Å². The van der Waals surface area contributed by atoms with Crippen LogP contribution in [0.5, 0.6) is 0 Å². The minimum atomic E-state index is -0.297. The van der Waals surface area contributed by atoms with Gasteiger partial charge in [0, 0.05) is 46.2 Å². The van der Waals surface area contributed by atoms with Crippen molar-refractivity contribution >= 4 is 22.7 Å². The van der Waals surface area contributed by atoms with Gasteiger partial charge in [-0.3, -0.25) is 14.5 Å². The van der Waals surface area contributed by atoms with Crippen LogP contribution >= 0.6 is 0 Å². The van der Waals surface area contributed by atoms with Gasteiger partial charge in [0.15, 0.2) is 0 Å². The molecule has 3 rings (SSSR count). The smallest absolute Gasteiger partial charge is 0.254 e. The molecule has 156 valence electrons. The summed E-state index contributed by atoms with van der Waals surface area (Å²) in [6.45, 7) is 2.98. The van der Waals surface area contributed by atoms with E-state index in [2.05, 4.69) is 5.32 Å². The van der Waals surface area contributed by atoms with Crippen LogP contribution in [0.3, 0.4) is 0 Å². The van der Waals surface area contributed by atoms with E-state index in [9.17, 15) is 9.59 Å². The van der Waals surface area contributed by atoms with Crippen molar-refractivity contribution in [2.45, 2.75) is 6.10 Å². The van der Waals surface area contributed by atoms with Gasteiger partial charge in [-0.25, -0.2) is 4.98 Å². The highest BCUT2D eigenvalue weighted by Crippen LogP contribution is 2.26. The monoisotopic (exact) mass is 400 g/mol. The van der Waals surface area contributed by atoms with Gasteiger partial charge in [-0.1, -0.05) is 18.2 Å². The average Bonchev–Trinajstić information content (AvgIpc) is 2.72. The molecule has 29 heavy (non-hydrogen) atoms. The second kappa shape index (κ2) is 9.78. The predicted molar refractivity (Wildman–Crippen MR) is 110 cm³/mol. The third kappa shape index (κ3) is 5.29. The Morgan fingerprint density at radius 3 is 2.90 bits per heavy atom. The average molecular weight is 400 g/mol. The zero-order valence-corrected chi connectivity index (χ0v) is 17.2. The summed E-state index contributed by atoms with van der Waals surface area (Å²) >= 11 is 0. The van der Waals surface area contributed by atoms with E-state index < -0.39 is 0 Å². The van der Waals surface area contributed by atoms with E-state index in [1.165, 1.54) is 0 Å². The van der Waals surface area contributed by atoms with Crippen LogP contribution in [0.1, 0.15) is 22.2 Å². The molecule has 1 N–H and O–H groups in total. The van der Waals surface area contributed by atoms with Crippen molar-refractivity contribution in [3.63, 3.8) is 0 Å². The van der Waals surface area contributed by atoms with Gasteiger partial charge in [-0.2, -0.15) is 0 Å². The summed E-state index contributed by atoms with van der Waals surface area (Å²) in [4.78, 5) is 33.2. The number of benzene rings is 1. The number of fused-ring (bicyclic) bond motifs is 1. The predicted octanol–water partition coefficient (Wildman–Crippen LogP) is 1.07. The maximum absolute atomic E-state index is 12.7. The van der Waals surface area contributed by atoms with Crippen LogP contribution in [-0.4, -0.2) is 87.2 Å². The van der Waals surface area contributed by atoms with Gasteiger partial charge in [-0.05, 0) is 12.1 Å². The normalized spacial score (nSPS) is 17.3. The Morgan fingerprint density at radius 2 is 2.14 bits per heavy atom. The van der Waals surface area contributed by atoms with Crippen molar-refractivity contribution in [3.8, 4) is 0 Å². The highest BCUT2D eigenvalue weighted by molar-refractivity contribution is 6.06. The number of nitrogens with zero attached hydrogens (tertiary/aromatic N) is 3. The molecule has 8 nitrogen and oxygen atoms in total. The van der Waals surface area contributed by atoms with E-state index in [1.54, 1.807) is 26.1 Å². The molecule has 1 atom stereocenters. The largest absolute Gasteiger partial charge is 0.383 e. The number of para-hydroxylation sites is 1. The van der Waals surface area contributed by atoms with Crippen LogP contribution in [0.25, 0.3) is 10.9 Å². The van der Waals surface area contributed by atoms with Gasteiger partial charge < -0.3 is 19.7 Å². The van der Waals surface area contributed by atoms with Gasteiger partial charge in [0.1, 0.15) is 6.10 Å². The number of nitrogens with one attached hydrogen (secondary N) is 1. The molecule has 8 heteroatoms. The second-order valence-electron chi connectivity index (χ2n) is 7.25. The molecular weight excluding hydrogens is 372 g/mol. The number of methoxy groups -OCH3 is 1. The Morgan fingerprint density at radius 1 is 1.34 bits per heavy atom. The minimum absolute atomic E-state index is 0.0438. The molecule has 0 aliphatic carbocycles. The van der Waals surface area contributed by atoms with E-state index in [1.807, 2.05) is 35.2 Å². The Hall–Kier alpha value is -2.55. The number of hydrogen-bond donors (Lipinski definition) is 1. The van der Waals surface area contributed by atoms with Crippen molar-refractivity contribution in [1.29, 1.82) is 0 Å². The summed E-state index contributed by atoms with van der Waals surface area (Å²) < 4.78 is 10.9. The third-order valence-electron chi connectivity index (χ3n) is 4.85. The standard InChI is InChI=1S/C21H28N4O4/c1-24(2)21(27)16-12-18(23-17-7-5-4-6-15(16)17)19-13-25(9-11-29-19)14-20(26)22-8-10-28-3/h4-7,12,19H,8-11,13-14H2,1-3H3,(H,22,26). The molecule has 2 aromatic rings. The van der Waals surface area contributed by atoms with Crippen LogP contribution in [-0.2, 0) is 14.3 Å². The first-order valence-electron chi connectivity index (χ1n) is 9.70. The van der Waals surface area contributed by atoms with Gasteiger partial charge >= 0.3 is 0 Å². The molecule has 0 spiro atoms. The third-order valence-corrected chi connectivity index (χ3v) is 4.85. The molecule has 1 aliphatic heterocycles. The van der Waals surface area contributed by atoms with Gasteiger partial charge in [0.05, 0.1) is 36.5 Å². The molecule has 1 aromatic heterocycles. The molecule has 0 radical (unpaired) electrons. The van der Waals surface area contributed by atoms with Gasteiger partial charge in [0.2, 0.25) is 5.91 Å². The van der Waals surface area contributed by atoms with Crippen LogP contribution < -0.4 is 5.32 Å². The molecule has 2 heterocycles. The molecule has 0 bridgehead atoms. The summed E-state index contributed by atoms with van der Waals surface area (Å²) in [6.07, 6.45) is -0.297. The quantitative estimate of drug-likeness (QED) is 0.700. The van der Waals surface area contributed by atoms with E-state index in [0.29, 0.717) is 50.7 Å². The molecule has 1 unspecified atom stereocenters. The van der Waals surface area contributed by atoms with E-state index >= 15 is 0 Å². The number of morpholine rings is 1. The number of hydrogen-bond acceptors (Lipinski definition) is 6. The van der Waals surface area contributed by atoms with Crippen molar-refractivity contribution in [2.75, 3.05) is 60.6 Å². The first-order valence-corrected chi connectivity index (χ1v) is 9.70. The Balaban J connectivity index is 1.79. The van der Waals surface area contributed by atoms with E-state index in [0.717, 1.165) is 10.9 Å². The van der Waals surface area contributed by atoms with Crippen LogP contribution in [0.15, 0.2) is 30.3 Å². The lowest BCUT2D eigenvalue weighted by Crippen LogP contribution is -2.44. The summed E-state index contributed by atoms with van der Waals surface area (Å²) in [5.74, 6) is -0.118. The maximum atomic E-state index is 12.7. The number of aromatic nitrogens is 1. The van der Waals surface area contributed by atoms with Crippen molar-refractivity contribution in [3.05, 3.63) is 41.6 Å². The van der Waals surface area contributed by atoms with Crippen LogP contribution in [0.2, 0.25) is 0 Å². The molecule has 1 aliphatic rings. The second-order valence-corrected chi connectivity index (χ2v) is 7.25. The van der Waals surface area contributed by atoms with Crippen molar-refractivity contribution in [2.24, 2.45) is 0 Å². The Kier molecular flexibility index (Phi) is 7.13. The molecule has 0 saturated carbocycles. The number of carbonyl (C=O) groups excluding carboxylic acids is 2. The van der Waals surface area contributed by atoms with Crippen LogP contribution in [0, 0.1) is 0 Å². The Labute approximate surface area is 170 Å². The van der Waals surface area contributed by atoms with E-state index in [4.69, 9.17) is 14.5 Å². The number of carbonyl (C=O) groups is 2. The van der Waals surface area contributed by atoms with E-state index in [-0.39, 0.29) is 17.9 Å². The topological polar surface area (TPSA) is 84.0 Å². The number of pyridine rings is 1. The molecule has 1 aromatic carbocycles. The highest BCUT2D eigenvalue weighted by atomic mass is 16.5. The Bertz CT molecular complexity index is 871. The SMILES string of the molecule is COCCNC(=O)CN1CCOC(c2cc(C(=O)N(C)C)c3ccccc3n2)C1. The molecule has 2 amide bonds. The fourth-order valence-corrected chi connectivity index (χ4v) is 3.36. The fourth-order valence-electron chi connectivity index (χ4n) is 3.36. The zero-order valence-electron chi connectivity index (χ0n) is 17.2. The lowest BCUT2D eigenvalue weighted by Gasteiger charge is -2.32. The summed E-state index contributed by atoms with van der Waals surface area (Å²) in [5.41, 5.74) is 2.07. The first-order chi connectivity index (χ1) is 14.0. The van der Waals surface area contributed by atoms with Crippen molar-refractivity contribution < 1.29 is 19.1 Å². The number of amides is 2. The zero-order chi connectivity index (χ0) is 20.8. The summed E-state index contributed by atoms with van der Waals surface area (Å²) in [7, 11) is 5.07. The number of rotatable bonds is 7. The fraction of sp³-hybridized carbons (Fsp3) is 0.476. The van der Waals surface area contributed by atoms with Gasteiger partial charge in [0.25, 0.3) is 5.91 Å². The first kappa shape index (κ1) is 21.2. The lowest BCUT2D eigenvalue weighted by atomic mass is 10.0. The summed E-state index contributed by atoms with van der Waals surface area (Å²) in [5, 5.41) is 3.65. The molecule has 1 saturated heterocycles. The lowest BCUT2D eigenvalue weighted by molar-refractivity contribution is -0.124. The molecule has 1 fully saturated rings.